The van der Waals surface area contributed by atoms with E-state index in [1.54, 1.807) is 69.3 Å². The number of nitrogens with one attached hydrogen (secondary N) is 1. The second kappa shape index (κ2) is 8.82. The molecule has 1 N–H and O–H groups in total. The van der Waals surface area contributed by atoms with E-state index in [1.807, 2.05) is 0 Å². The lowest BCUT2D eigenvalue weighted by molar-refractivity contribution is -0.116. The number of nitrogens with zero attached hydrogens (tertiary/aromatic N) is 2. The quantitative estimate of drug-likeness (QED) is 0.458. The van der Waals surface area contributed by atoms with E-state index in [0.717, 1.165) is 4.90 Å². The molecule has 0 saturated heterocycles. The SMILES string of the molecule is Cc1cc(NC(=O)CCN2C(=O)c3ccccc3C2=O)c2cc(C(=O)OC(C)C)ccc2n1. The lowest BCUT2D eigenvalue weighted by Gasteiger charge is -2.15. The fraction of sp³-hybridized carbons (Fsp3) is 0.240. The summed E-state index contributed by atoms with van der Waals surface area (Å²) in [5.74, 6) is -1.63. The van der Waals surface area contributed by atoms with E-state index in [1.165, 1.54) is 0 Å². The summed E-state index contributed by atoms with van der Waals surface area (Å²) in [4.78, 5) is 55.5. The summed E-state index contributed by atoms with van der Waals surface area (Å²) in [5.41, 5.74) is 2.84. The van der Waals surface area contributed by atoms with Crippen LogP contribution in [0.2, 0.25) is 0 Å². The van der Waals surface area contributed by atoms with Crippen LogP contribution in [0.5, 0.6) is 0 Å². The number of fused-ring (bicyclic) bond motifs is 2. The van der Waals surface area contributed by atoms with E-state index >= 15 is 0 Å². The van der Waals surface area contributed by atoms with Gasteiger partial charge in [-0.15, -0.1) is 0 Å². The lowest BCUT2D eigenvalue weighted by atomic mass is 10.1. The Morgan fingerprint density at radius 2 is 1.70 bits per heavy atom. The number of carbonyl (C=O) groups is 4. The molecule has 2 aromatic carbocycles. The predicted molar refractivity (Wildman–Crippen MR) is 122 cm³/mol. The van der Waals surface area contributed by atoms with E-state index in [2.05, 4.69) is 10.3 Å². The van der Waals surface area contributed by atoms with Crippen molar-refractivity contribution in [2.75, 3.05) is 11.9 Å². The van der Waals surface area contributed by atoms with Crippen molar-refractivity contribution in [1.29, 1.82) is 0 Å². The van der Waals surface area contributed by atoms with E-state index in [-0.39, 0.29) is 25.0 Å². The number of rotatable bonds is 6. The highest BCUT2D eigenvalue weighted by Crippen LogP contribution is 2.26. The standard InChI is InChI=1S/C25H23N3O5/c1-14(2)33-25(32)16-8-9-20-19(13-16)21(12-15(3)26-20)27-22(29)10-11-28-23(30)17-6-4-5-7-18(17)24(28)31/h4-9,12-14H,10-11H2,1-3H3,(H,26,27,29). The second-order valence-electron chi connectivity index (χ2n) is 8.10. The molecule has 2 heterocycles. The normalized spacial score (nSPS) is 12.9. The van der Waals surface area contributed by atoms with Gasteiger partial charge in [-0.3, -0.25) is 24.3 Å². The summed E-state index contributed by atoms with van der Waals surface area (Å²) in [6.07, 6.45) is -0.325. The number of aryl methyl sites for hydroxylation is 1. The Kier molecular flexibility index (Phi) is 5.91. The number of anilines is 1. The fourth-order valence-electron chi connectivity index (χ4n) is 3.74. The van der Waals surface area contributed by atoms with Crippen LogP contribution in [0.15, 0.2) is 48.5 Å². The third-order valence-corrected chi connectivity index (χ3v) is 5.23. The van der Waals surface area contributed by atoms with E-state index < -0.39 is 17.8 Å². The summed E-state index contributed by atoms with van der Waals surface area (Å²) >= 11 is 0. The summed E-state index contributed by atoms with van der Waals surface area (Å²) in [7, 11) is 0. The summed E-state index contributed by atoms with van der Waals surface area (Å²) in [5, 5.41) is 3.42. The molecule has 4 rings (SSSR count). The van der Waals surface area contributed by atoms with E-state index in [4.69, 9.17) is 4.74 Å². The highest BCUT2D eigenvalue weighted by molar-refractivity contribution is 6.21. The molecule has 1 aliphatic heterocycles. The van der Waals surface area contributed by atoms with Crippen molar-refractivity contribution in [3.05, 3.63) is 70.9 Å². The number of pyridine rings is 1. The first-order chi connectivity index (χ1) is 15.7. The predicted octanol–water partition coefficient (Wildman–Crippen LogP) is 3.73. The molecule has 0 unspecified atom stereocenters. The molecule has 0 saturated carbocycles. The molecule has 1 aliphatic rings. The molecule has 1 aromatic heterocycles. The van der Waals surface area contributed by atoms with Gasteiger partial charge in [0, 0.05) is 24.0 Å². The van der Waals surface area contributed by atoms with Gasteiger partial charge < -0.3 is 10.1 Å². The van der Waals surface area contributed by atoms with E-state index in [9.17, 15) is 19.2 Å². The number of aromatic nitrogens is 1. The van der Waals surface area contributed by atoms with Crippen LogP contribution in [-0.2, 0) is 9.53 Å². The van der Waals surface area contributed by atoms with Gasteiger partial charge in [-0.25, -0.2) is 4.79 Å². The molecule has 3 aromatic rings. The van der Waals surface area contributed by atoms with Crippen molar-refractivity contribution in [1.82, 2.24) is 9.88 Å². The van der Waals surface area contributed by atoms with Crippen LogP contribution in [0.25, 0.3) is 10.9 Å². The zero-order valence-corrected chi connectivity index (χ0v) is 18.5. The minimum atomic E-state index is -0.463. The van der Waals surface area contributed by atoms with Crippen LogP contribution in [0.1, 0.15) is 57.0 Å². The van der Waals surface area contributed by atoms with Gasteiger partial charge in [0.1, 0.15) is 0 Å². The molecule has 0 aliphatic carbocycles. The average molecular weight is 445 g/mol. The van der Waals surface area contributed by atoms with Crippen LogP contribution < -0.4 is 5.32 Å². The van der Waals surface area contributed by atoms with Crippen LogP contribution in [0.3, 0.4) is 0 Å². The topological polar surface area (TPSA) is 106 Å². The van der Waals surface area contributed by atoms with Crippen molar-refractivity contribution >= 4 is 40.3 Å². The maximum atomic E-state index is 12.7. The van der Waals surface area contributed by atoms with Crippen LogP contribution in [0.4, 0.5) is 5.69 Å². The molecule has 0 atom stereocenters. The Labute approximate surface area is 190 Å². The Morgan fingerprint density at radius 3 is 2.33 bits per heavy atom. The molecule has 168 valence electrons. The largest absolute Gasteiger partial charge is 0.459 e. The van der Waals surface area contributed by atoms with Gasteiger partial charge in [0.15, 0.2) is 0 Å². The van der Waals surface area contributed by atoms with Crippen LogP contribution in [-0.4, -0.2) is 46.2 Å². The first-order valence-corrected chi connectivity index (χ1v) is 10.6. The van der Waals surface area contributed by atoms with Crippen molar-refractivity contribution in [2.45, 2.75) is 33.3 Å². The van der Waals surface area contributed by atoms with Gasteiger partial charge in [-0.1, -0.05) is 12.1 Å². The smallest absolute Gasteiger partial charge is 0.338 e. The van der Waals surface area contributed by atoms with Gasteiger partial charge in [0.05, 0.1) is 34.0 Å². The highest BCUT2D eigenvalue weighted by atomic mass is 16.5. The minimum Gasteiger partial charge on any atom is -0.459 e. The van der Waals surface area contributed by atoms with Gasteiger partial charge in [0.25, 0.3) is 11.8 Å². The first-order valence-electron chi connectivity index (χ1n) is 10.6. The summed E-state index contributed by atoms with van der Waals surface area (Å²) in [6, 6.07) is 13.3. The minimum absolute atomic E-state index is 0.0356. The number of carbonyl (C=O) groups excluding carboxylic acids is 4. The lowest BCUT2D eigenvalue weighted by Crippen LogP contribution is -2.32. The van der Waals surface area contributed by atoms with Crippen molar-refractivity contribution in [3.8, 4) is 0 Å². The zero-order valence-electron chi connectivity index (χ0n) is 18.5. The number of amides is 3. The summed E-state index contributed by atoms with van der Waals surface area (Å²) in [6.45, 7) is 5.30. The Balaban J connectivity index is 1.51. The van der Waals surface area contributed by atoms with Gasteiger partial charge in [-0.2, -0.15) is 0 Å². The molecular weight excluding hydrogens is 422 g/mol. The zero-order chi connectivity index (χ0) is 23.7. The molecule has 0 bridgehead atoms. The molecule has 33 heavy (non-hydrogen) atoms. The average Bonchev–Trinajstić information content (AvgIpc) is 3.01. The third-order valence-electron chi connectivity index (χ3n) is 5.23. The second-order valence-corrected chi connectivity index (χ2v) is 8.10. The van der Waals surface area contributed by atoms with Crippen molar-refractivity contribution < 1.29 is 23.9 Å². The summed E-state index contributed by atoms with van der Waals surface area (Å²) < 4.78 is 5.26. The Hall–Kier alpha value is -4.07. The fourth-order valence-corrected chi connectivity index (χ4v) is 3.74. The number of benzene rings is 2. The number of imide groups is 1. The molecule has 0 spiro atoms. The van der Waals surface area contributed by atoms with Gasteiger partial charge >= 0.3 is 5.97 Å². The highest BCUT2D eigenvalue weighted by Gasteiger charge is 2.35. The molecule has 3 amide bonds. The first kappa shape index (κ1) is 22.1. The molecule has 0 radical (unpaired) electrons. The number of ether oxygens (including phenoxy) is 1. The van der Waals surface area contributed by atoms with Crippen LogP contribution in [0, 0.1) is 6.92 Å². The van der Waals surface area contributed by atoms with Crippen molar-refractivity contribution in [3.63, 3.8) is 0 Å². The number of hydrogen-bond acceptors (Lipinski definition) is 6. The molecule has 8 heteroatoms. The Morgan fingerprint density at radius 1 is 1.03 bits per heavy atom. The van der Waals surface area contributed by atoms with E-state index in [0.29, 0.717) is 39.0 Å². The molecular formula is C25H23N3O5. The van der Waals surface area contributed by atoms with Crippen molar-refractivity contribution in [2.24, 2.45) is 0 Å². The van der Waals surface area contributed by atoms with Gasteiger partial charge in [0.2, 0.25) is 5.91 Å². The maximum Gasteiger partial charge on any atom is 0.338 e. The Bertz CT molecular complexity index is 1260. The third kappa shape index (κ3) is 4.45. The van der Waals surface area contributed by atoms with Gasteiger partial charge in [-0.05, 0) is 57.2 Å². The molecule has 0 fully saturated rings. The van der Waals surface area contributed by atoms with Crippen LogP contribution >= 0.6 is 0 Å². The number of hydrogen-bond donors (Lipinski definition) is 1. The number of esters is 1. The molecule has 8 nitrogen and oxygen atoms in total. The monoisotopic (exact) mass is 445 g/mol. The maximum absolute atomic E-state index is 12.7.